The maximum absolute atomic E-state index is 9.26. The van der Waals surface area contributed by atoms with Crippen LogP contribution in [-0.4, -0.2) is 25.6 Å². The van der Waals surface area contributed by atoms with Crippen molar-refractivity contribution < 1.29 is 0 Å². The van der Waals surface area contributed by atoms with Crippen molar-refractivity contribution in [2.45, 2.75) is 6.04 Å². The highest BCUT2D eigenvalue weighted by atomic mass is 15.4. The van der Waals surface area contributed by atoms with Gasteiger partial charge in [0.05, 0.1) is 6.07 Å². The Hall–Kier alpha value is -2.75. The van der Waals surface area contributed by atoms with E-state index < -0.39 is 5.92 Å². The summed E-state index contributed by atoms with van der Waals surface area (Å²) in [6.07, 6.45) is 4.77. The second kappa shape index (κ2) is 3.92. The minimum atomic E-state index is -0.566. The number of nitrogens with two attached hydrogens (primary N) is 1. The molecule has 0 aromatic carbocycles. The molecule has 0 fully saturated rings. The monoisotopic (exact) mass is 239 g/mol. The molecule has 3 heterocycles. The number of hydrogen-bond donors (Lipinski definition) is 1. The Morgan fingerprint density at radius 3 is 3.06 bits per heavy atom. The first-order valence-corrected chi connectivity index (χ1v) is 5.34. The van der Waals surface area contributed by atoms with Crippen LogP contribution in [0.15, 0.2) is 35.8 Å². The molecule has 0 bridgehead atoms. The Labute approximate surface area is 103 Å². The van der Waals surface area contributed by atoms with Gasteiger partial charge in [0, 0.05) is 12.4 Å². The molecular formula is C11H9N7. The number of hydrogen-bond acceptors (Lipinski definition) is 6. The van der Waals surface area contributed by atoms with Crippen LogP contribution in [0, 0.1) is 17.2 Å². The summed E-state index contributed by atoms with van der Waals surface area (Å²) in [5.41, 5.74) is 6.67. The van der Waals surface area contributed by atoms with Gasteiger partial charge in [0.25, 0.3) is 0 Å². The summed E-state index contributed by atoms with van der Waals surface area (Å²) in [7, 11) is 0. The molecule has 2 aromatic rings. The average Bonchev–Trinajstić information content (AvgIpc) is 2.85. The van der Waals surface area contributed by atoms with E-state index in [1.165, 1.54) is 6.33 Å². The lowest BCUT2D eigenvalue weighted by Gasteiger charge is -2.25. The molecule has 2 aromatic heterocycles. The molecule has 0 aliphatic carbocycles. The van der Waals surface area contributed by atoms with Crippen LogP contribution in [0.2, 0.25) is 0 Å². The summed E-state index contributed by atoms with van der Waals surface area (Å²) in [6.45, 7) is 0. The third-order valence-corrected chi connectivity index (χ3v) is 2.85. The number of fused-ring (bicyclic) bond motifs is 1. The lowest BCUT2D eigenvalue weighted by molar-refractivity contribution is 0.472. The van der Waals surface area contributed by atoms with Gasteiger partial charge in [0.15, 0.2) is 0 Å². The van der Waals surface area contributed by atoms with E-state index in [1.54, 1.807) is 17.1 Å². The second-order valence-corrected chi connectivity index (χ2v) is 3.88. The van der Waals surface area contributed by atoms with Gasteiger partial charge in [0.2, 0.25) is 5.95 Å². The molecule has 2 unspecified atom stereocenters. The molecule has 1 aliphatic heterocycles. The van der Waals surface area contributed by atoms with Gasteiger partial charge < -0.3 is 5.73 Å². The zero-order chi connectivity index (χ0) is 12.5. The molecule has 0 amide bonds. The maximum atomic E-state index is 9.26. The highest BCUT2D eigenvalue weighted by molar-refractivity contribution is 5.88. The summed E-state index contributed by atoms with van der Waals surface area (Å²) in [5, 5.41) is 13.4. The quantitative estimate of drug-likeness (QED) is 0.775. The summed E-state index contributed by atoms with van der Waals surface area (Å²) < 4.78 is 1.60. The highest BCUT2D eigenvalue weighted by Crippen LogP contribution is 2.32. The van der Waals surface area contributed by atoms with Gasteiger partial charge in [-0.2, -0.15) is 20.3 Å². The number of amidine groups is 1. The minimum absolute atomic E-state index is 0.256. The van der Waals surface area contributed by atoms with Crippen LogP contribution in [0.5, 0.6) is 0 Å². The summed E-state index contributed by atoms with van der Waals surface area (Å²) >= 11 is 0. The zero-order valence-corrected chi connectivity index (χ0v) is 9.30. The van der Waals surface area contributed by atoms with Gasteiger partial charge in [-0.25, -0.2) is 4.68 Å². The molecule has 0 spiro atoms. The molecule has 2 N–H and O–H groups in total. The molecule has 7 heteroatoms. The Morgan fingerprint density at radius 2 is 2.33 bits per heavy atom. The molecule has 2 atom stereocenters. The molecule has 88 valence electrons. The molecule has 3 rings (SSSR count). The largest absolute Gasteiger partial charge is 0.386 e. The van der Waals surface area contributed by atoms with Crippen molar-refractivity contribution in [1.29, 1.82) is 5.26 Å². The second-order valence-electron chi connectivity index (χ2n) is 3.88. The normalized spacial score (nSPS) is 21.8. The van der Waals surface area contributed by atoms with Crippen molar-refractivity contribution >= 4 is 11.8 Å². The molecule has 0 saturated heterocycles. The predicted molar refractivity (Wildman–Crippen MR) is 62.8 cm³/mol. The molecule has 18 heavy (non-hydrogen) atoms. The third kappa shape index (κ3) is 1.43. The van der Waals surface area contributed by atoms with E-state index in [9.17, 15) is 5.26 Å². The van der Waals surface area contributed by atoms with E-state index in [4.69, 9.17) is 5.73 Å². The predicted octanol–water partition coefficient (Wildman–Crippen LogP) is 0.405. The zero-order valence-electron chi connectivity index (χ0n) is 9.30. The van der Waals surface area contributed by atoms with Crippen LogP contribution < -0.4 is 5.73 Å². The van der Waals surface area contributed by atoms with E-state index in [0.29, 0.717) is 5.95 Å². The van der Waals surface area contributed by atoms with Gasteiger partial charge in [-0.1, -0.05) is 6.07 Å². The van der Waals surface area contributed by atoms with Crippen molar-refractivity contribution in [3.8, 4) is 6.07 Å². The van der Waals surface area contributed by atoms with Crippen molar-refractivity contribution in [3.05, 3.63) is 36.4 Å². The average molecular weight is 239 g/mol. The van der Waals surface area contributed by atoms with E-state index in [-0.39, 0.29) is 11.9 Å². The van der Waals surface area contributed by atoms with E-state index >= 15 is 0 Å². The van der Waals surface area contributed by atoms with Crippen molar-refractivity contribution in [2.24, 2.45) is 16.6 Å². The van der Waals surface area contributed by atoms with Gasteiger partial charge in [0.1, 0.15) is 24.1 Å². The van der Waals surface area contributed by atoms with E-state index in [2.05, 4.69) is 26.1 Å². The number of aromatic nitrogens is 4. The highest BCUT2D eigenvalue weighted by Gasteiger charge is 2.34. The molecule has 0 radical (unpaired) electrons. The van der Waals surface area contributed by atoms with Gasteiger partial charge in [-0.15, -0.1) is 0 Å². The number of pyridine rings is 1. The Balaban J connectivity index is 2.18. The van der Waals surface area contributed by atoms with Crippen molar-refractivity contribution in [3.63, 3.8) is 0 Å². The molecule has 7 nitrogen and oxygen atoms in total. The molecule has 0 saturated carbocycles. The van der Waals surface area contributed by atoms with Gasteiger partial charge in [-0.3, -0.25) is 4.98 Å². The summed E-state index contributed by atoms with van der Waals surface area (Å²) in [4.78, 5) is 12.1. The molecular weight excluding hydrogens is 230 g/mol. The van der Waals surface area contributed by atoms with E-state index in [1.807, 2.05) is 12.1 Å². The van der Waals surface area contributed by atoms with Crippen LogP contribution >= 0.6 is 0 Å². The van der Waals surface area contributed by atoms with Crippen LogP contribution in [-0.2, 0) is 0 Å². The van der Waals surface area contributed by atoms with Crippen LogP contribution in [0.3, 0.4) is 0 Å². The number of aliphatic imine (C=N–C) groups is 1. The van der Waals surface area contributed by atoms with Crippen molar-refractivity contribution in [2.75, 3.05) is 0 Å². The first-order valence-electron chi connectivity index (χ1n) is 5.34. The first kappa shape index (κ1) is 10.4. The minimum Gasteiger partial charge on any atom is -0.386 e. The smallest absolute Gasteiger partial charge is 0.250 e. The summed E-state index contributed by atoms with van der Waals surface area (Å²) in [6, 6.07) is 5.52. The van der Waals surface area contributed by atoms with Crippen LogP contribution in [0.25, 0.3) is 0 Å². The fourth-order valence-electron chi connectivity index (χ4n) is 2.03. The lowest BCUT2D eigenvalue weighted by Crippen LogP contribution is -2.35. The standard InChI is InChI=1S/C11H9N7/c12-4-8-9(7-2-1-3-14-5-7)18-11(15-6-16-18)17-10(8)13/h1-3,5-6,8-9H,(H2,13,15,16,17). The fraction of sp³-hybridized carbons (Fsp3) is 0.182. The third-order valence-electron chi connectivity index (χ3n) is 2.85. The topological polar surface area (TPSA) is 106 Å². The summed E-state index contributed by atoms with van der Waals surface area (Å²) in [5.74, 6) is 0.100. The van der Waals surface area contributed by atoms with Gasteiger partial charge in [-0.05, 0) is 11.6 Å². The molecule has 1 aliphatic rings. The Kier molecular flexibility index (Phi) is 2.27. The number of rotatable bonds is 1. The van der Waals surface area contributed by atoms with Crippen LogP contribution in [0.4, 0.5) is 5.95 Å². The maximum Gasteiger partial charge on any atom is 0.250 e. The number of nitriles is 1. The van der Waals surface area contributed by atoms with Crippen LogP contribution in [0.1, 0.15) is 11.6 Å². The van der Waals surface area contributed by atoms with Crippen molar-refractivity contribution in [1.82, 2.24) is 19.7 Å². The van der Waals surface area contributed by atoms with E-state index in [0.717, 1.165) is 5.56 Å². The fourth-order valence-corrected chi connectivity index (χ4v) is 2.03. The lowest BCUT2D eigenvalue weighted by atomic mass is 9.93. The first-order chi connectivity index (χ1) is 8.81. The SMILES string of the molecule is N#CC1C(N)=Nc2ncnn2C1c1cccnc1. The van der Waals surface area contributed by atoms with Gasteiger partial charge >= 0.3 is 0 Å². The Bertz CT molecular complexity index is 637. The Morgan fingerprint density at radius 1 is 1.44 bits per heavy atom. The number of nitrogens with zero attached hydrogens (tertiary/aromatic N) is 6.